The molecule has 0 radical (unpaired) electrons. The number of ether oxygens (including phenoxy) is 2. The third kappa shape index (κ3) is 3.04. The highest BCUT2D eigenvalue weighted by Gasteiger charge is 2.37. The van der Waals surface area contributed by atoms with Crippen LogP contribution in [0.25, 0.3) is 0 Å². The number of ketones is 1. The summed E-state index contributed by atoms with van der Waals surface area (Å²) in [7, 11) is -1.90. The van der Waals surface area contributed by atoms with E-state index in [1.54, 1.807) is 18.2 Å². The van der Waals surface area contributed by atoms with Gasteiger partial charge < -0.3 is 13.9 Å². The van der Waals surface area contributed by atoms with E-state index in [2.05, 4.69) is 33.9 Å². The molecule has 0 amide bonds. The second-order valence-corrected chi connectivity index (χ2v) is 11.3. The number of benzene rings is 1. The predicted octanol–water partition coefficient (Wildman–Crippen LogP) is 3.62. The summed E-state index contributed by atoms with van der Waals surface area (Å²) in [4.78, 5) is 12.2. The quantitative estimate of drug-likeness (QED) is 0.628. The molecule has 1 aliphatic heterocycles. The van der Waals surface area contributed by atoms with Crippen molar-refractivity contribution in [2.24, 2.45) is 0 Å². The second-order valence-electron chi connectivity index (χ2n) is 6.54. The molecule has 1 heterocycles. The molecule has 0 saturated heterocycles. The Labute approximate surface area is 121 Å². The summed E-state index contributed by atoms with van der Waals surface area (Å²) >= 11 is 0. The van der Waals surface area contributed by atoms with Crippen LogP contribution in [0.4, 0.5) is 0 Å². The number of hydrogen-bond donors (Lipinski definition) is 0. The predicted molar refractivity (Wildman–Crippen MR) is 80.0 cm³/mol. The Morgan fingerprint density at radius 1 is 1.25 bits per heavy atom. The Bertz CT molecular complexity index is 517. The van der Waals surface area contributed by atoms with Crippen LogP contribution < -0.4 is 9.47 Å². The largest absolute Gasteiger partial charge is 0.454 e. The lowest BCUT2D eigenvalue weighted by Gasteiger charge is -2.35. The summed E-state index contributed by atoms with van der Waals surface area (Å²) in [5.74, 6) is 1.29. The van der Waals surface area contributed by atoms with E-state index in [0.717, 1.165) is 0 Å². The molecule has 0 bridgehead atoms. The normalized spacial score (nSPS) is 14.4. The molecular weight excluding hydrogens is 272 g/mol. The van der Waals surface area contributed by atoms with Gasteiger partial charge in [-0.2, -0.15) is 0 Å². The number of rotatable bonds is 4. The summed E-state index contributed by atoms with van der Waals surface area (Å²) < 4.78 is 16.5. The molecule has 4 nitrogen and oxygen atoms in total. The maximum absolute atomic E-state index is 12.2. The summed E-state index contributed by atoms with van der Waals surface area (Å²) in [5.41, 5.74) is 0.605. The van der Waals surface area contributed by atoms with E-state index in [9.17, 15) is 4.79 Å². The summed E-state index contributed by atoms with van der Waals surface area (Å²) in [6.07, 6.45) is 0. The highest BCUT2D eigenvalue weighted by Crippen LogP contribution is 2.37. The molecule has 0 fully saturated rings. The smallest absolute Gasteiger partial charge is 0.231 e. The van der Waals surface area contributed by atoms with Gasteiger partial charge in [0, 0.05) is 5.56 Å². The maximum atomic E-state index is 12.2. The van der Waals surface area contributed by atoms with Crippen LogP contribution >= 0.6 is 0 Å². The Balaban J connectivity index is 2.03. The molecule has 0 atom stereocenters. The summed E-state index contributed by atoms with van der Waals surface area (Å²) in [6, 6.07) is 5.24. The van der Waals surface area contributed by atoms with Gasteiger partial charge in [0.25, 0.3) is 0 Å². The van der Waals surface area contributed by atoms with E-state index in [1.165, 1.54) is 0 Å². The number of fused-ring (bicyclic) bond motifs is 1. The zero-order chi connectivity index (χ0) is 15.0. The fourth-order valence-corrected chi connectivity index (χ4v) is 2.54. The molecule has 0 spiro atoms. The Kier molecular flexibility index (Phi) is 3.93. The topological polar surface area (TPSA) is 44.8 Å². The number of hydrogen-bond acceptors (Lipinski definition) is 4. The Hall–Kier alpha value is -1.33. The van der Waals surface area contributed by atoms with Crippen molar-refractivity contribution in [2.45, 2.75) is 38.9 Å². The minimum absolute atomic E-state index is 0.0203. The zero-order valence-electron chi connectivity index (χ0n) is 12.8. The first-order chi connectivity index (χ1) is 9.21. The van der Waals surface area contributed by atoms with Gasteiger partial charge in [-0.3, -0.25) is 4.79 Å². The molecule has 1 aromatic carbocycles. The third-order valence-electron chi connectivity index (χ3n) is 4.06. The van der Waals surface area contributed by atoms with Crippen molar-refractivity contribution < 1.29 is 18.7 Å². The van der Waals surface area contributed by atoms with Gasteiger partial charge in [0.15, 0.2) is 25.6 Å². The van der Waals surface area contributed by atoms with Crippen molar-refractivity contribution in [3.8, 4) is 11.5 Å². The van der Waals surface area contributed by atoms with Gasteiger partial charge in [-0.25, -0.2) is 0 Å². The standard InChI is InChI=1S/C15H22O4Si/c1-15(2,3)20(4,5)19-9-12(16)11-6-7-13-14(8-11)18-10-17-13/h6-8H,9-10H2,1-5H3. The molecule has 0 N–H and O–H groups in total. The average molecular weight is 294 g/mol. The number of carbonyl (C=O) groups excluding carboxylic acids is 1. The van der Waals surface area contributed by atoms with E-state index in [-0.39, 0.29) is 24.2 Å². The lowest BCUT2D eigenvalue weighted by molar-refractivity contribution is 0.0910. The molecule has 0 aliphatic carbocycles. The average Bonchev–Trinajstić information content (AvgIpc) is 2.81. The summed E-state index contributed by atoms with van der Waals surface area (Å²) in [6.45, 7) is 11.1. The monoisotopic (exact) mass is 294 g/mol. The van der Waals surface area contributed by atoms with Crippen LogP contribution in [0.3, 0.4) is 0 Å². The first kappa shape index (κ1) is 15.1. The van der Waals surface area contributed by atoms with Crippen LogP contribution in [0.15, 0.2) is 18.2 Å². The molecule has 0 saturated carbocycles. The van der Waals surface area contributed by atoms with E-state index in [1.807, 2.05) is 0 Å². The Morgan fingerprint density at radius 3 is 2.55 bits per heavy atom. The van der Waals surface area contributed by atoms with Gasteiger partial charge in [-0.05, 0) is 36.3 Å². The molecule has 0 unspecified atom stereocenters. The minimum atomic E-state index is -1.90. The Morgan fingerprint density at radius 2 is 1.90 bits per heavy atom. The molecule has 1 aromatic rings. The van der Waals surface area contributed by atoms with Gasteiger partial charge in [0.05, 0.1) is 6.61 Å². The van der Waals surface area contributed by atoms with Crippen LogP contribution in [0.5, 0.6) is 11.5 Å². The van der Waals surface area contributed by atoms with Crippen molar-refractivity contribution in [1.29, 1.82) is 0 Å². The molecule has 5 heteroatoms. The van der Waals surface area contributed by atoms with Crippen LogP contribution in [0, 0.1) is 0 Å². The molecule has 1 aliphatic rings. The third-order valence-corrected chi connectivity index (χ3v) is 8.54. The lowest BCUT2D eigenvalue weighted by Crippen LogP contribution is -2.42. The molecule has 2 rings (SSSR count). The number of carbonyl (C=O) groups is 1. The molecule has 0 aromatic heterocycles. The first-order valence-electron chi connectivity index (χ1n) is 6.77. The SMILES string of the molecule is CC(C)(C)[Si](C)(C)OCC(=O)c1ccc2c(c1)OCO2. The van der Waals surface area contributed by atoms with Gasteiger partial charge >= 0.3 is 0 Å². The second kappa shape index (κ2) is 5.22. The van der Waals surface area contributed by atoms with Crippen LogP contribution in [-0.4, -0.2) is 27.5 Å². The maximum Gasteiger partial charge on any atom is 0.231 e. The van der Waals surface area contributed by atoms with Gasteiger partial charge in [0.2, 0.25) is 6.79 Å². The summed E-state index contributed by atoms with van der Waals surface area (Å²) in [5, 5.41) is 0.0994. The number of Topliss-reactive ketones (excluding diaryl/α,β-unsaturated/α-hetero) is 1. The van der Waals surface area contributed by atoms with Crippen molar-refractivity contribution in [3.05, 3.63) is 23.8 Å². The van der Waals surface area contributed by atoms with Crippen molar-refractivity contribution in [1.82, 2.24) is 0 Å². The van der Waals surface area contributed by atoms with Crippen LogP contribution in [0.2, 0.25) is 18.1 Å². The van der Waals surface area contributed by atoms with E-state index < -0.39 is 8.32 Å². The van der Waals surface area contributed by atoms with E-state index in [0.29, 0.717) is 17.1 Å². The molecule has 110 valence electrons. The van der Waals surface area contributed by atoms with Gasteiger partial charge in [-0.1, -0.05) is 20.8 Å². The highest BCUT2D eigenvalue weighted by atomic mass is 28.4. The minimum Gasteiger partial charge on any atom is -0.454 e. The molecular formula is C15H22O4Si. The first-order valence-corrected chi connectivity index (χ1v) is 9.68. The van der Waals surface area contributed by atoms with Crippen molar-refractivity contribution in [2.75, 3.05) is 13.4 Å². The van der Waals surface area contributed by atoms with Crippen molar-refractivity contribution in [3.63, 3.8) is 0 Å². The van der Waals surface area contributed by atoms with Gasteiger partial charge in [-0.15, -0.1) is 0 Å². The fourth-order valence-electron chi connectivity index (χ4n) is 1.62. The lowest BCUT2D eigenvalue weighted by atomic mass is 10.1. The fraction of sp³-hybridized carbons (Fsp3) is 0.533. The van der Waals surface area contributed by atoms with Gasteiger partial charge in [0.1, 0.15) is 0 Å². The van der Waals surface area contributed by atoms with E-state index >= 15 is 0 Å². The zero-order valence-corrected chi connectivity index (χ0v) is 13.8. The van der Waals surface area contributed by atoms with Crippen LogP contribution in [0.1, 0.15) is 31.1 Å². The van der Waals surface area contributed by atoms with Crippen molar-refractivity contribution >= 4 is 14.1 Å². The highest BCUT2D eigenvalue weighted by molar-refractivity contribution is 6.74. The van der Waals surface area contributed by atoms with E-state index in [4.69, 9.17) is 13.9 Å². The van der Waals surface area contributed by atoms with Crippen LogP contribution in [-0.2, 0) is 4.43 Å². The molecule has 20 heavy (non-hydrogen) atoms.